The van der Waals surface area contributed by atoms with Crippen LogP contribution in [0.15, 0.2) is 36.4 Å². The predicted octanol–water partition coefficient (Wildman–Crippen LogP) is 4.23. The van der Waals surface area contributed by atoms with E-state index >= 15 is 0 Å². The van der Waals surface area contributed by atoms with E-state index in [0.29, 0.717) is 17.9 Å². The van der Waals surface area contributed by atoms with E-state index in [2.05, 4.69) is 0 Å². The van der Waals surface area contributed by atoms with Gasteiger partial charge in [0.25, 0.3) is 0 Å². The molecule has 0 aliphatic carbocycles. The lowest BCUT2D eigenvalue weighted by atomic mass is 9.98. The Morgan fingerprint density at radius 3 is 2.36 bits per heavy atom. The molecule has 116 valence electrons. The summed E-state index contributed by atoms with van der Waals surface area (Å²) in [5.41, 5.74) is 10.4. The van der Waals surface area contributed by atoms with Crippen molar-refractivity contribution in [1.29, 1.82) is 0 Å². The number of carbonyl (C=O) groups is 1. The van der Waals surface area contributed by atoms with Crippen LogP contribution in [0.3, 0.4) is 0 Å². The number of benzene rings is 2. The average Bonchev–Trinajstić information content (AvgIpc) is 2.48. The predicted molar refractivity (Wildman–Crippen MR) is 90.5 cm³/mol. The third kappa shape index (κ3) is 3.48. The minimum absolute atomic E-state index is 0.00340. The molecule has 0 bridgehead atoms. The second-order valence-electron chi connectivity index (χ2n) is 5.74. The molecule has 2 aromatic rings. The molecule has 3 nitrogen and oxygen atoms in total. The van der Waals surface area contributed by atoms with Gasteiger partial charge in [-0.2, -0.15) is 0 Å². The molecule has 0 heterocycles. The summed E-state index contributed by atoms with van der Waals surface area (Å²) in [6.45, 7) is 7.84. The van der Waals surface area contributed by atoms with E-state index < -0.39 is 6.10 Å². The number of ether oxygens (including phenoxy) is 1. The molecule has 1 unspecified atom stereocenters. The zero-order chi connectivity index (χ0) is 16.3. The summed E-state index contributed by atoms with van der Waals surface area (Å²) in [5.74, 6) is 0.569. The third-order valence-corrected chi connectivity index (χ3v) is 3.76. The van der Waals surface area contributed by atoms with Gasteiger partial charge in [0.1, 0.15) is 5.75 Å². The first-order chi connectivity index (χ1) is 10.4. The lowest BCUT2D eigenvalue weighted by Crippen LogP contribution is -2.27. The van der Waals surface area contributed by atoms with Crippen LogP contribution >= 0.6 is 0 Å². The van der Waals surface area contributed by atoms with Crippen molar-refractivity contribution in [1.82, 2.24) is 0 Å². The molecule has 0 amide bonds. The molecule has 0 saturated heterocycles. The molecular formula is C19H23NO2. The summed E-state index contributed by atoms with van der Waals surface area (Å²) in [6.07, 6.45) is 0.0741. The van der Waals surface area contributed by atoms with Crippen LogP contribution in [0.1, 0.15) is 40.4 Å². The lowest BCUT2D eigenvalue weighted by molar-refractivity contribution is 0.0787. The molecular weight excluding hydrogens is 274 g/mol. The fourth-order valence-electron chi connectivity index (χ4n) is 2.43. The van der Waals surface area contributed by atoms with Gasteiger partial charge in [-0.05, 0) is 56.5 Å². The Kier molecular flexibility index (Phi) is 4.86. The number of Topliss-reactive ketones (excluding diaryl/α,β-unsaturated/α-hetero) is 1. The molecule has 0 aliphatic rings. The van der Waals surface area contributed by atoms with Crippen molar-refractivity contribution in [3.8, 4) is 5.75 Å². The molecule has 0 aromatic heterocycles. The highest BCUT2D eigenvalue weighted by molar-refractivity contribution is 6.01. The Morgan fingerprint density at radius 2 is 1.73 bits per heavy atom. The fourth-order valence-corrected chi connectivity index (χ4v) is 2.43. The van der Waals surface area contributed by atoms with Gasteiger partial charge in [-0.15, -0.1) is 0 Å². The lowest BCUT2D eigenvalue weighted by Gasteiger charge is -2.19. The van der Waals surface area contributed by atoms with Crippen molar-refractivity contribution >= 4 is 11.5 Å². The standard InChI is InChI=1S/C19H23NO2/c1-5-17(22-18-9-7-13(3)11-16(18)20)19(21)15-10-12(2)6-8-14(15)4/h6-11,17H,5,20H2,1-4H3. The number of anilines is 1. The molecule has 0 fully saturated rings. The molecule has 1 atom stereocenters. The second kappa shape index (κ2) is 6.65. The van der Waals surface area contributed by atoms with Crippen LogP contribution in [0.25, 0.3) is 0 Å². The molecule has 2 rings (SSSR count). The van der Waals surface area contributed by atoms with Crippen molar-refractivity contribution in [3.63, 3.8) is 0 Å². The fraction of sp³-hybridized carbons (Fsp3) is 0.316. The number of rotatable bonds is 5. The van der Waals surface area contributed by atoms with Crippen LogP contribution in [-0.2, 0) is 0 Å². The van der Waals surface area contributed by atoms with Crippen molar-refractivity contribution in [2.45, 2.75) is 40.2 Å². The van der Waals surface area contributed by atoms with Crippen molar-refractivity contribution in [2.24, 2.45) is 0 Å². The SMILES string of the molecule is CCC(Oc1ccc(C)cc1N)C(=O)c1cc(C)ccc1C. The topological polar surface area (TPSA) is 52.3 Å². The molecule has 22 heavy (non-hydrogen) atoms. The van der Waals surface area contributed by atoms with E-state index in [1.807, 2.05) is 64.1 Å². The maximum atomic E-state index is 12.8. The first-order valence-corrected chi connectivity index (χ1v) is 7.56. The average molecular weight is 297 g/mol. The van der Waals surface area contributed by atoms with Gasteiger partial charge in [0.15, 0.2) is 6.10 Å². The van der Waals surface area contributed by atoms with Crippen LogP contribution in [0.5, 0.6) is 5.75 Å². The quantitative estimate of drug-likeness (QED) is 0.663. The first kappa shape index (κ1) is 16.1. The maximum Gasteiger partial charge on any atom is 0.203 e. The summed E-state index contributed by atoms with van der Waals surface area (Å²) < 4.78 is 5.89. The van der Waals surface area contributed by atoms with Gasteiger partial charge in [0, 0.05) is 5.56 Å². The van der Waals surface area contributed by atoms with Gasteiger partial charge in [-0.3, -0.25) is 4.79 Å². The zero-order valence-corrected chi connectivity index (χ0v) is 13.6. The van der Waals surface area contributed by atoms with Crippen molar-refractivity contribution in [2.75, 3.05) is 5.73 Å². The van der Waals surface area contributed by atoms with Crippen LogP contribution in [-0.4, -0.2) is 11.9 Å². The Labute approximate surface area is 132 Å². The Balaban J connectivity index is 2.27. The largest absolute Gasteiger partial charge is 0.480 e. The van der Waals surface area contributed by atoms with Crippen LogP contribution in [0.2, 0.25) is 0 Å². The summed E-state index contributed by atoms with van der Waals surface area (Å²) in [6, 6.07) is 11.5. The van der Waals surface area contributed by atoms with Crippen molar-refractivity contribution in [3.05, 3.63) is 58.7 Å². The number of hydrogen-bond acceptors (Lipinski definition) is 3. The maximum absolute atomic E-state index is 12.8. The van der Waals surface area contributed by atoms with Crippen LogP contribution in [0, 0.1) is 20.8 Å². The Morgan fingerprint density at radius 1 is 1.09 bits per heavy atom. The van der Waals surface area contributed by atoms with Gasteiger partial charge in [-0.25, -0.2) is 0 Å². The minimum atomic E-state index is -0.523. The number of nitrogens with two attached hydrogens (primary N) is 1. The van der Waals surface area contributed by atoms with E-state index in [0.717, 1.165) is 22.3 Å². The summed E-state index contributed by atoms with van der Waals surface area (Å²) in [4.78, 5) is 12.8. The third-order valence-electron chi connectivity index (χ3n) is 3.76. The molecule has 3 heteroatoms. The molecule has 0 saturated carbocycles. The molecule has 0 aliphatic heterocycles. The second-order valence-corrected chi connectivity index (χ2v) is 5.74. The van der Waals surface area contributed by atoms with Gasteiger partial charge in [-0.1, -0.05) is 30.7 Å². The summed E-state index contributed by atoms with van der Waals surface area (Å²) in [5, 5.41) is 0. The number of nitrogen functional groups attached to an aromatic ring is 1. The Bertz CT molecular complexity index is 692. The van der Waals surface area contributed by atoms with Gasteiger partial charge in [0.2, 0.25) is 5.78 Å². The molecule has 2 aromatic carbocycles. The van der Waals surface area contributed by atoms with E-state index in [4.69, 9.17) is 10.5 Å². The van der Waals surface area contributed by atoms with E-state index in [1.165, 1.54) is 0 Å². The monoisotopic (exact) mass is 297 g/mol. The first-order valence-electron chi connectivity index (χ1n) is 7.56. The van der Waals surface area contributed by atoms with Gasteiger partial charge >= 0.3 is 0 Å². The molecule has 0 spiro atoms. The number of ketones is 1. The van der Waals surface area contributed by atoms with E-state index in [-0.39, 0.29) is 5.78 Å². The van der Waals surface area contributed by atoms with E-state index in [9.17, 15) is 4.79 Å². The highest BCUT2D eigenvalue weighted by Crippen LogP contribution is 2.25. The van der Waals surface area contributed by atoms with E-state index in [1.54, 1.807) is 0 Å². The highest BCUT2D eigenvalue weighted by Gasteiger charge is 2.22. The van der Waals surface area contributed by atoms with Gasteiger partial charge in [0.05, 0.1) is 5.69 Å². The minimum Gasteiger partial charge on any atom is -0.480 e. The number of hydrogen-bond donors (Lipinski definition) is 1. The molecule has 0 radical (unpaired) electrons. The summed E-state index contributed by atoms with van der Waals surface area (Å²) in [7, 11) is 0. The zero-order valence-electron chi connectivity index (χ0n) is 13.6. The molecule has 2 N–H and O–H groups in total. The van der Waals surface area contributed by atoms with Crippen LogP contribution < -0.4 is 10.5 Å². The number of carbonyl (C=O) groups excluding carboxylic acids is 1. The summed E-state index contributed by atoms with van der Waals surface area (Å²) >= 11 is 0. The van der Waals surface area contributed by atoms with Gasteiger partial charge < -0.3 is 10.5 Å². The highest BCUT2D eigenvalue weighted by atomic mass is 16.5. The van der Waals surface area contributed by atoms with Crippen molar-refractivity contribution < 1.29 is 9.53 Å². The normalized spacial score (nSPS) is 12.0. The number of aryl methyl sites for hydroxylation is 3. The smallest absolute Gasteiger partial charge is 0.203 e. The van der Waals surface area contributed by atoms with Crippen LogP contribution in [0.4, 0.5) is 5.69 Å². The Hall–Kier alpha value is -2.29.